The van der Waals surface area contributed by atoms with Crippen molar-refractivity contribution in [1.82, 2.24) is 24.8 Å². The van der Waals surface area contributed by atoms with Crippen LogP contribution in [-0.4, -0.2) is 96.7 Å². The van der Waals surface area contributed by atoms with Crippen LogP contribution in [0.15, 0.2) is 55.5 Å². The molecule has 0 bridgehead atoms. The molecule has 3 aliphatic heterocycles. The molecule has 1 unspecified atom stereocenters. The Morgan fingerprint density at radius 3 is 2.53 bits per heavy atom. The van der Waals surface area contributed by atoms with Gasteiger partial charge >= 0.3 is 0 Å². The van der Waals surface area contributed by atoms with E-state index in [9.17, 15) is 4.79 Å². The number of aryl methyl sites for hydroxylation is 1. The molecule has 3 aliphatic rings. The monoisotopic (exact) mass is 613 g/mol. The number of rotatable bonds is 9. The lowest BCUT2D eigenvalue weighted by Gasteiger charge is -2.43. The number of nitrogens with one attached hydrogen (secondary N) is 2. The molecule has 6 rings (SSSR count). The number of hydrogen-bond acceptors (Lipinski definition) is 11. The topological polar surface area (TPSA) is 111 Å². The summed E-state index contributed by atoms with van der Waals surface area (Å²) in [5.41, 5.74) is 4.31. The van der Waals surface area contributed by atoms with Crippen molar-refractivity contribution < 1.29 is 14.4 Å². The highest BCUT2D eigenvalue weighted by atomic mass is 16.7. The van der Waals surface area contributed by atoms with E-state index in [1.54, 1.807) is 7.11 Å². The fourth-order valence-corrected chi connectivity index (χ4v) is 6.39. The molecule has 1 amide bonds. The van der Waals surface area contributed by atoms with Crippen molar-refractivity contribution in [3.63, 3.8) is 0 Å². The van der Waals surface area contributed by atoms with Crippen molar-refractivity contribution in [3.05, 3.63) is 66.8 Å². The average molecular weight is 614 g/mol. The first-order valence-electron chi connectivity index (χ1n) is 15.7. The normalized spacial score (nSPS) is 19.8. The van der Waals surface area contributed by atoms with E-state index in [1.165, 1.54) is 12.4 Å². The Bertz CT molecular complexity index is 1490. The first-order chi connectivity index (χ1) is 21.9. The number of carbonyl (C=O) groups excluding carboxylic acids is 1. The molecule has 0 saturated carbocycles. The molecular weight excluding hydrogens is 570 g/mol. The summed E-state index contributed by atoms with van der Waals surface area (Å²) in [5.74, 6) is 1.57. The molecular formula is C33H43N9O3. The van der Waals surface area contributed by atoms with Crippen LogP contribution < -0.4 is 25.3 Å². The van der Waals surface area contributed by atoms with Gasteiger partial charge in [0.05, 0.1) is 36.8 Å². The predicted molar refractivity (Wildman–Crippen MR) is 176 cm³/mol. The Kier molecular flexibility index (Phi) is 9.43. The Hall–Kier alpha value is -4.26. The largest absolute Gasteiger partial charge is 0.494 e. The quantitative estimate of drug-likeness (QED) is 0.340. The van der Waals surface area contributed by atoms with Gasteiger partial charge in [0.25, 0.3) is 0 Å². The highest BCUT2D eigenvalue weighted by Gasteiger charge is 2.30. The molecule has 2 aromatic heterocycles. The number of hydroxylamine groups is 1. The van der Waals surface area contributed by atoms with Crippen molar-refractivity contribution >= 4 is 34.6 Å². The van der Waals surface area contributed by atoms with E-state index in [0.29, 0.717) is 41.4 Å². The second-order valence-corrected chi connectivity index (χ2v) is 11.9. The van der Waals surface area contributed by atoms with Gasteiger partial charge in [-0.25, -0.2) is 15.0 Å². The number of methoxy groups -OCH3 is 1. The van der Waals surface area contributed by atoms with Crippen molar-refractivity contribution in [2.45, 2.75) is 38.3 Å². The average Bonchev–Trinajstić information content (AvgIpc) is 3.56. The number of carbonyl (C=O) groups is 1. The summed E-state index contributed by atoms with van der Waals surface area (Å²) >= 11 is 0. The number of amides is 1. The van der Waals surface area contributed by atoms with E-state index in [4.69, 9.17) is 9.57 Å². The van der Waals surface area contributed by atoms with E-state index in [0.717, 1.165) is 75.5 Å². The van der Waals surface area contributed by atoms with Crippen molar-refractivity contribution in [2.24, 2.45) is 0 Å². The number of piperazine rings is 1. The molecule has 0 spiro atoms. The van der Waals surface area contributed by atoms with Crippen LogP contribution in [0.5, 0.6) is 5.75 Å². The van der Waals surface area contributed by atoms with Crippen molar-refractivity contribution in [3.8, 4) is 5.75 Å². The van der Waals surface area contributed by atoms with Crippen LogP contribution in [0.3, 0.4) is 0 Å². The number of pyridine rings is 1. The van der Waals surface area contributed by atoms with Crippen LogP contribution in [0, 0.1) is 6.92 Å². The van der Waals surface area contributed by atoms with E-state index in [2.05, 4.69) is 60.0 Å². The Balaban J connectivity index is 1.22. The number of anilines is 5. The zero-order chi connectivity index (χ0) is 31.3. The molecule has 0 radical (unpaired) electrons. The van der Waals surface area contributed by atoms with Crippen LogP contribution in [-0.2, 0) is 9.63 Å². The van der Waals surface area contributed by atoms with Gasteiger partial charge in [0.1, 0.15) is 17.9 Å². The lowest BCUT2D eigenvalue weighted by molar-refractivity contribution is -0.111. The minimum absolute atomic E-state index is 0.00391. The second-order valence-electron chi connectivity index (χ2n) is 11.9. The van der Waals surface area contributed by atoms with Gasteiger partial charge in [0, 0.05) is 75.8 Å². The molecule has 3 aromatic rings. The van der Waals surface area contributed by atoms with Gasteiger partial charge in [-0.2, -0.15) is 0 Å². The minimum atomic E-state index is -0.271. The van der Waals surface area contributed by atoms with Gasteiger partial charge < -0.3 is 25.2 Å². The highest BCUT2D eigenvalue weighted by Crippen LogP contribution is 2.40. The maximum atomic E-state index is 12.5. The van der Waals surface area contributed by atoms with Crippen LogP contribution in [0.4, 0.5) is 28.7 Å². The molecule has 3 fully saturated rings. The van der Waals surface area contributed by atoms with Crippen molar-refractivity contribution in [2.75, 3.05) is 80.6 Å². The first kappa shape index (κ1) is 30.8. The third kappa shape index (κ3) is 7.03. The summed E-state index contributed by atoms with van der Waals surface area (Å²) in [4.78, 5) is 39.3. The summed E-state index contributed by atoms with van der Waals surface area (Å²) < 4.78 is 5.86. The van der Waals surface area contributed by atoms with Gasteiger partial charge in [-0.05, 0) is 50.6 Å². The summed E-state index contributed by atoms with van der Waals surface area (Å²) in [6.07, 6.45) is 7.66. The van der Waals surface area contributed by atoms with Gasteiger partial charge in [0.2, 0.25) is 5.91 Å². The zero-order valence-corrected chi connectivity index (χ0v) is 26.4. The van der Waals surface area contributed by atoms with Crippen LogP contribution in [0.2, 0.25) is 0 Å². The predicted octanol–water partition coefficient (Wildman–Crippen LogP) is 4.16. The minimum Gasteiger partial charge on any atom is -0.494 e. The van der Waals surface area contributed by atoms with Gasteiger partial charge in [-0.1, -0.05) is 12.6 Å². The van der Waals surface area contributed by atoms with E-state index in [1.807, 2.05) is 42.4 Å². The Labute approximate surface area is 265 Å². The maximum Gasteiger partial charge on any atom is 0.247 e. The van der Waals surface area contributed by atoms with E-state index < -0.39 is 0 Å². The summed E-state index contributed by atoms with van der Waals surface area (Å²) in [6.45, 7) is 12.5. The molecule has 5 heterocycles. The highest BCUT2D eigenvalue weighted by molar-refractivity contribution is 6.02. The smallest absolute Gasteiger partial charge is 0.247 e. The lowest BCUT2D eigenvalue weighted by Crippen LogP contribution is -2.52. The van der Waals surface area contributed by atoms with E-state index >= 15 is 0 Å². The number of aromatic nitrogens is 3. The molecule has 3 saturated heterocycles. The molecule has 45 heavy (non-hydrogen) atoms. The lowest BCUT2D eigenvalue weighted by atomic mass is 10.0. The summed E-state index contributed by atoms with van der Waals surface area (Å²) in [7, 11) is 3.84. The molecule has 1 aromatic carbocycles. The van der Waals surface area contributed by atoms with E-state index in [-0.39, 0.29) is 11.9 Å². The number of nitrogens with zero attached hydrogens (tertiary/aromatic N) is 7. The SMILES string of the molecule is C=CC(=O)Nc1cc(Nc2cc(N3OCCC3c3ccc(C)nc3)ncn2)c(OC)cc1N1CCC(N2CCN(C)CC2)CC1. The molecule has 12 heteroatoms. The van der Waals surface area contributed by atoms with Crippen LogP contribution >= 0.6 is 0 Å². The number of piperidine rings is 1. The third-order valence-corrected chi connectivity index (χ3v) is 8.99. The Morgan fingerprint density at radius 2 is 1.82 bits per heavy atom. The third-order valence-electron chi connectivity index (χ3n) is 8.99. The molecule has 0 aliphatic carbocycles. The first-order valence-corrected chi connectivity index (χ1v) is 15.7. The number of likely N-dealkylation sites (N-methyl/N-ethyl adjacent to an activating group) is 1. The summed E-state index contributed by atoms with van der Waals surface area (Å²) in [6, 6.07) is 10.4. The molecule has 2 N–H and O–H groups in total. The van der Waals surface area contributed by atoms with Crippen LogP contribution in [0.1, 0.15) is 36.6 Å². The second kappa shape index (κ2) is 13.8. The van der Waals surface area contributed by atoms with Crippen LogP contribution in [0.25, 0.3) is 0 Å². The molecule has 1 atom stereocenters. The Morgan fingerprint density at radius 1 is 1.02 bits per heavy atom. The van der Waals surface area contributed by atoms with Gasteiger partial charge in [0.15, 0.2) is 5.82 Å². The van der Waals surface area contributed by atoms with Gasteiger partial charge in [-0.15, -0.1) is 0 Å². The maximum absolute atomic E-state index is 12.5. The fourth-order valence-electron chi connectivity index (χ4n) is 6.39. The molecule has 12 nitrogen and oxygen atoms in total. The van der Waals surface area contributed by atoms with Crippen molar-refractivity contribution in [1.29, 1.82) is 0 Å². The number of hydrogen-bond donors (Lipinski definition) is 2. The summed E-state index contributed by atoms with van der Waals surface area (Å²) in [5, 5.41) is 8.23. The fraction of sp³-hybridized carbons (Fsp3) is 0.455. The number of benzene rings is 1. The van der Waals surface area contributed by atoms with Gasteiger partial charge in [-0.3, -0.25) is 19.5 Å². The standard InChI is InChI=1S/C33H43N9O3/c1-5-33(43)38-26-18-27(30(44-4)19-29(26)41-11-8-25(9-12-41)40-15-13-39(3)14-16-40)37-31-20-32(36-22-35-31)42-28(10-17-45-42)24-7-6-23(2)34-21-24/h5-7,18-22,25,28H,1,8-17H2,2-4H3,(H,38,43)(H,35,36,37). The number of ether oxygens (including phenoxy) is 1. The molecule has 238 valence electrons. The zero-order valence-electron chi connectivity index (χ0n) is 26.4.